The molecule has 0 aromatic heterocycles. The summed E-state index contributed by atoms with van der Waals surface area (Å²) in [5.74, 6) is 2.98. The average molecular weight is 307 g/mol. The first-order valence-electron chi connectivity index (χ1n) is 9.27. The van der Waals surface area contributed by atoms with Gasteiger partial charge >= 0.3 is 0 Å². The van der Waals surface area contributed by atoms with Crippen molar-refractivity contribution in [1.82, 2.24) is 4.90 Å². The molecule has 4 aliphatic rings. The number of piperidine rings is 1. The Kier molecular flexibility index (Phi) is 3.06. The van der Waals surface area contributed by atoms with E-state index in [4.69, 9.17) is 0 Å². The summed E-state index contributed by atoms with van der Waals surface area (Å²) >= 11 is 0. The van der Waals surface area contributed by atoms with Crippen LogP contribution < -0.4 is 0 Å². The number of allylic oxidation sites excluding steroid dienone is 2. The van der Waals surface area contributed by atoms with Gasteiger partial charge in [0.15, 0.2) is 5.78 Å². The maximum atomic E-state index is 12.4. The molecule has 1 spiro atoms. The van der Waals surface area contributed by atoms with Crippen molar-refractivity contribution in [3.8, 4) is 0 Å². The lowest BCUT2D eigenvalue weighted by Gasteiger charge is -2.41. The number of carbonyl (C=O) groups excluding carboxylic acids is 1. The Labute approximate surface area is 138 Å². The summed E-state index contributed by atoms with van der Waals surface area (Å²) < 4.78 is 0. The quantitative estimate of drug-likeness (QED) is 0.774. The number of carbonyl (C=O) groups is 1. The molecule has 2 fully saturated rings. The summed E-state index contributed by atoms with van der Waals surface area (Å²) in [5, 5.41) is 0. The van der Waals surface area contributed by atoms with E-state index in [9.17, 15) is 4.79 Å². The third-order valence-electron chi connectivity index (χ3n) is 7.02. The Balaban J connectivity index is 1.28. The molecule has 0 amide bonds. The molecule has 1 aromatic rings. The van der Waals surface area contributed by atoms with Crippen molar-refractivity contribution in [3.63, 3.8) is 0 Å². The third-order valence-corrected chi connectivity index (χ3v) is 7.02. The van der Waals surface area contributed by atoms with Crippen molar-refractivity contribution < 1.29 is 4.79 Å². The van der Waals surface area contributed by atoms with Gasteiger partial charge in [-0.2, -0.15) is 0 Å². The number of ketones is 1. The molecular weight excluding hydrogens is 282 g/mol. The number of benzene rings is 1. The fourth-order valence-electron chi connectivity index (χ4n) is 5.73. The SMILES string of the molecule is O=C1CC2(CCN(CC3C[C@@H]4C=C[C@H]3C4)CC2)c2ccccc21. The highest BCUT2D eigenvalue weighted by atomic mass is 16.1. The number of Topliss-reactive ketones (excluding diaryl/α,β-unsaturated/α-hetero) is 1. The second-order valence-corrected chi connectivity index (χ2v) is 8.27. The smallest absolute Gasteiger partial charge is 0.164 e. The van der Waals surface area contributed by atoms with Gasteiger partial charge in [0, 0.05) is 23.9 Å². The van der Waals surface area contributed by atoms with Crippen LogP contribution in [0, 0.1) is 17.8 Å². The van der Waals surface area contributed by atoms with Gasteiger partial charge in [-0.3, -0.25) is 4.79 Å². The molecule has 2 nitrogen and oxygen atoms in total. The molecular formula is C21H25NO. The standard InChI is InChI=1S/C21H25NO/c23-20-13-21(19-4-2-1-3-18(19)20)7-9-22(10-8-21)14-17-12-15-5-6-16(17)11-15/h1-6,15-17H,7-14H2/t15-,16+,17?/m1/s1. The number of hydrogen-bond acceptors (Lipinski definition) is 2. The molecule has 1 saturated carbocycles. The Morgan fingerprint density at radius 1 is 1.09 bits per heavy atom. The lowest BCUT2D eigenvalue weighted by atomic mass is 9.73. The molecule has 1 heterocycles. The van der Waals surface area contributed by atoms with Gasteiger partial charge < -0.3 is 4.90 Å². The van der Waals surface area contributed by atoms with Crippen molar-refractivity contribution in [2.24, 2.45) is 17.8 Å². The Bertz CT molecular complexity index is 668. The zero-order chi connectivity index (χ0) is 15.4. The predicted molar refractivity (Wildman–Crippen MR) is 91.6 cm³/mol. The average Bonchev–Trinajstić information content (AvgIpc) is 3.25. The zero-order valence-electron chi connectivity index (χ0n) is 13.7. The van der Waals surface area contributed by atoms with Crippen LogP contribution in [-0.4, -0.2) is 30.3 Å². The van der Waals surface area contributed by atoms with Crippen molar-refractivity contribution in [2.75, 3.05) is 19.6 Å². The van der Waals surface area contributed by atoms with Crippen LogP contribution in [0.2, 0.25) is 0 Å². The molecule has 0 N–H and O–H groups in total. The maximum Gasteiger partial charge on any atom is 0.164 e. The first kappa shape index (κ1) is 14.0. The molecule has 120 valence electrons. The molecule has 1 aromatic carbocycles. The van der Waals surface area contributed by atoms with Crippen molar-refractivity contribution in [1.29, 1.82) is 0 Å². The van der Waals surface area contributed by atoms with Crippen LogP contribution in [0.4, 0.5) is 0 Å². The fraction of sp³-hybridized carbons (Fsp3) is 0.571. The molecule has 5 rings (SSSR count). The molecule has 2 heteroatoms. The van der Waals surface area contributed by atoms with Gasteiger partial charge in [-0.25, -0.2) is 0 Å². The molecule has 23 heavy (non-hydrogen) atoms. The Morgan fingerprint density at radius 3 is 2.65 bits per heavy atom. The minimum Gasteiger partial charge on any atom is -0.303 e. The number of hydrogen-bond donors (Lipinski definition) is 0. The van der Waals surface area contributed by atoms with Crippen LogP contribution in [-0.2, 0) is 5.41 Å². The fourth-order valence-corrected chi connectivity index (χ4v) is 5.73. The van der Waals surface area contributed by atoms with Gasteiger partial charge in [-0.15, -0.1) is 0 Å². The van der Waals surface area contributed by atoms with Crippen LogP contribution in [0.1, 0.15) is 48.0 Å². The van der Waals surface area contributed by atoms with Crippen LogP contribution >= 0.6 is 0 Å². The van der Waals surface area contributed by atoms with Crippen molar-refractivity contribution in [2.45, 2.75) is 37.5 Å². The van der Waals surface area contributed by atoms with E-state index in [1.165, 1.54) is 38.0 Å². The largest absolute Gasteiger partial charge is 0.303 e. The first-order chi connectivity index (χ1) is 11.2. The highest BCUT2D eigenvalue weighted by molar-refractivity contribution is 6.02. The highest BCUT2D eigenvalue weighted by Crippen LogP contribution is 2.47. The minimum absolute atomic E-state index is 0.152. The van der Waals surface area contributed by atoms with Gasteiger partial charge in [-0.05, 0) is 62.1 Å². The molecule has 1 saturated heterocycles. The van der Waals surface area contributed by atoms with Crippen molar-refractivity contribution in [3.05, 3.63) is 47.5 Å². The molecule has 0 radical (unpaired) electrons. The van der Waals surface area contributed by atoms with E-state index < -0.39 is 0 Å². The van der Waals surface area contributed by atoms with Crippen LogP contribution in [0.3, 0.4) is 0 Å². The number of likely N-dealkylation sites (tertiary alicyclic amines) is 1. The Hall–Kier alpha value is -1.41. The molecule has 1 unspecified atom stereocenters. The number of nitrogens with zero attached hydrogens (tertiary/aromatic N) is 1. The van der Waals surface area contributed by atoms with Crippen LogP contribution in [0.15, 0.2) is 36.4 Å². The third kappa shape index (κ3) is 2.15. The summed E-state index contributed by atoms with van der Waals surface area (Å²) in [6.07, 6.45) is 10.8. The summed E-state index contributed by atoms with van der Waals surface area (Å²) in [4.78, 5) is 15.0. The Morgan fingerprint density at radius 2 is 1.91 bits per heavy atom. The van der Waals surface area contributed by atoms with E-state index >= 15 is 0 Å². The normalized spacial score (nSPS) is 34.4. The van der Waals surface area contributed by atoms with E-state index in [2.05, 4.69) is 29.2 Å². The molecule has 3 atom stereocenters. The van der Waals surface area contributed by atoms with E-state index in [-0.39, 0.29) is 5.41 Å². The minimum atomic E-state index is 0.152. The molecule has 3 aliphatic carbocycles. The van der Waals surface area contributed by atoms with Gasteiger partial charge in [0.05, 0.1) is 0 Å². The summed E-state index contributed by atoms with van der Waals surface area (Å²) in [6.45, 7) is 3.61. The van der Waals surface area contributed by atoms with Gasteiger partial charge in [0.2, 0.25) is 0 Å². The maximum absolute atomic E-state index is 12.4. The second-order valence-electron chi connectivity index (χ2n) is 8.27. The van der Waals surface area contributed by atoms with Gasteiger partial charge in [-0.1, -0.05) is 36.4 Å². The molecule has 1 aliphatic heterocycles. The summed E-state index contributed by atoms with van der Waals surface area (Å²) in [7, 11) is 0. The zero-order valence-corrected chi connectivity index (χ0v) is 13.7. The predicted octanol–water partition coefficient (Wildman–Crippen LogP) is 3.82. The first-order valence-corrected chi connectivity index (χ1v) is 9.27. The summed E-state index contributed by atoms with van der Waals surface area (Å²) in [6, 6.07) is 8.34. The van der Waals surface area contributed by atoms with Crippen molar-refractivity contribution >= 4 is 5.78 Å². The number of rotatable bonds is 2. The lowest BCUT2D eigenvalue weighted by Crippen LogP contribution is -2.44. The second kappa shape index (κ2) is 5.04. The van der Waals surface area contributed by atoms with Gasteiger partial charge in [0.1, 0.15) is 0 Å². The highest BCUT2D eigenvalue weighted by Gasteiger charge is 2.45. The number of fused-ring (bicyclic) bond motifs is 4. The van der Waals surface area contributed by atoms with E-state index in [1.54, 1.807) is 0 Å². The van der Waals surface area contributed by atoms with Crippen LogP contribution in [0.25, 0.3) is 0 Å². The monoisotopic (exact) mass is 307 g/mol. The van der Waals surface area contributed by atoms with E-state index in [1.807, 2.05) is 12.1 Å². The molecule has 2 bridgehead atoms. The topological polar surface area (TPSA) is 20.3 Å². The van der Waals surface area contributed by atoms with E-state index in [0.717, 1.165) is 42.6 Å². The van der Waals surface area contributed by atoms with Crippen LogP contribution in [0.5, 0.6) is 0 Å². The summed E-state index contributed by atoms with van der Waals surface area (Å²) in [5.41, 5.74) is 2.49. The van der Waals surface area contributed by atoms with E-state index in [0.29, 0.717) is 5.78 Å². The van der Waals surface area contributed by atoms with Gasteiger partial charge in [0.25, 0.3) is 0 Å². The lowest BCUT2D eigenvalue weighted by molar-refractivity contribution is 0.0919.